The summed E-state index contributed by atoms with van der Waals surface area (Å²) in [6.07, 6.45) is 4.83. The molecule has 5 heteroatoms. The highest BCUT2D eigenvalue weighted by Gasteiger charge is 2.07. The second-order valence-corrected chi connectivity index (χ2v) is 7.19. The van der Waals surface area contributed by atoms with Gasteiger partial charge >= 0.3 is 0 Å². The van der Waals surface area contributed by atoms with Crippen molar-refractivity contribution in [3.8, 4) is 11.1 Å². The Bertz CT molecular complexity index is 912. The number of pyridine rings is 1. The zero-order valence-corrected chi connectivity index (χ0v) is 16.3. The summed E-state index contributed by atoms with van der Waals surface area (Å²) < 4.78 is 3.43. The highest BCUT2D eigenvalue weighted by molar-refractivity contribution is 8.00. The topological polar surface area (TPSA) is 54.0 Å². The molecule has 0 aliphatic carbocycles. The molecule has 2 aromatic carbocycles. The SMILES string of the molecule is CCCC(=O)Nc1cncc(-c2ccc(C)c(NSc3ccccc3)c2)c1. The molecule has 0 saturated carbocycles. The molecule has 4 nitrogen and oxygen atoms in total. The van der Waals surface area contributed by atoms with Crippen LogP contribution in [0.5, 0.6) is 0 Å². The Labute approximate surface area is 164 Å². The minimum atomic E-state index is 0.0157. The summed E-state index contributed by atoms with van der Waals surface area (Å²) >= 11 is 1.59. The Hall–Kier alpha value is -2.79. The predicted octanol–water partition coefficient (Wildman–Crippen LogP) is 5.91. The number of nitrogens with zero attached hydrogens (tertiary/aromatic N) is 1. The highest BCUT2D eigenvalue weighted by atomic mass is 32.2. The fourth-order valence-electron chi connectivity index (χ4n) is 2.63. The van der Waals surface area contributed by atoms with Gasteiger partial charge in [0, 0.05) is 28.8 Å². The number of aromatic nitrogens is 1. The van der Waals surface area contributed by atoms with Crippen molar-refractivity contribution in [3.05, 3.63) is 72.6 Å². The lowest BCUT2D eigenvalue weighted by atomic mass is 10.0. The number of rotatable bonds is 7. The quantitative estimate of drug-likeness (QED) is 0.502. The molecule has 1 aromatic heterocycles. The molecule has 0 spiro atoms. The van der Waals surface area contributed by atoms with E-state index in [0.717, 1.165) is 33.8 Å². The first-order chi connectivity index (χ1) is 13.2. The van der Waals surface area contributed by atoms with E-state index < -0.39 is 0 Å². The number of carbonyl (C=O) groups is 1. The summed E-state index contributed by atoms with van der Waals surface area (Å²) in [6, 6.07) is 18.4. The number of hydrogen-bond acceptors (Lipinski definition) is 4. The molecule has 0 unspecified atom stereocenters. The third kappa shape index (κ3) is 5.34. The lowest BCUT2D eigenvalue weighted by Gasteiger charge is -2.12. The molecule has 27 heavy (non-hydrogen) atoms. The summed E-state index contributed by atoms with van der Waals surface area (Å²) in [4.78, 5) is 17.3. The van der Waals surface area contributed by atoms with E-state index in [0.29, 0.717) is 6.42 Å². The van der Waals surface area contributed by atoms with Crippen molar-refractivity contribution in [1.82, 2.24) is 4.98 Å². The van der Waals surface area contributed by atoms with Crippen LogP contribution in [-0.4, -0.2) is 10.9 Å². The van der Waals surface area contributed by atoms with Crippen LogP contribution in [0.15, 0.2) is 71.9 Å². The van der Waals surface area contributed by atoms with Gasteiger partial charge in [-0.15, -0.1) is 0 Å². The fraction of sp³-hybridized carbons (Fsp3) is 0.182. The summed E-state index contributed by atoms with van der Waals surface area (Å²) in [5, 5.41) is 2.90. The number of benzene rings is 2. The molecule has 138 valence electrons. The van der Waals surface area contributed by atoms with Crippen molar-refractivity contribution >= 4 is 29.2 Å². The van der Waals surface area contributed by atoms with Crippen LogP contribution in [-0.2, 0) is 4.79 Å². The molecular weight excluding hydrogens is 354 g/mol. The lowest BCUT2D eigenvalue weighted by molar-refractivity contribution is -0.116. The van der Waals surface area contributed by atoms with Crippen LogP contribution in [0.1, 0.15) is 25.3 Å². The first-order valence-corrected chi connectivity index (χ1v) is 9.81. The van der Waals surface area contributed by atoms with Crippen LogP contribution < -0.4 is 10.0 Å². The maximum Gasteiger partial charge on any atom is 0.224 e. The lowest BCUT2D eigenvalue weighted by Crippen LogP contribution is -2.10. The van der Waals surface area contributed by atoms with Gasteiger partial charge in [-0.2, -0.15) is 0 Å². The van der Waals surface area contributed by atoms with E-state index in [1.54, 1.807) is 18.1 Å². The van der Waals surface area contributed by atoms with Crippen molar-refractivity contribution in [2.24, 2.45) is 0 Å². The average molecular weight is 378 g/mol. The standard InChI is InChI=1S/C22H23N3OS/c1-3-7-22(26)24-19-12-18(14-23-15-19)17-11-10-16(2)21(13-17)25-27-20-8-5-4-6-9-20/h4-6,8-15,25H,3,7H2,1-2H3,(H,24,26). The van der Waals surface area contributed by atoms with Crippen LogP contribution >= 0.6 is 11.9 Å². The summed E-state index contributed by atoms with van der Waals surface area (Å²) in [7, 11) is 0. The van der Waals surface area contributed by atoms with Crippen LogP contribution in [0, 0.1) is 6.92 Å². The number of carbonyl (C=O) groups excluding carboxylic acids is 1. The van der Waals surface area contributed by atoms with Gasteiger partial charge in [0.05, 0.1) is 11.9 Å². The Balaban J connectivity index is 1.78. The molecule has 3 aromatic rings. The number of nitrogens with one attached hydrogen (secondary N) is 2. The molecule has 0 atom stereocenters. The van der Waals surface area contributed by atoms with Gasteiger partial charge in [-0.3, -0.25) is 9.78 Å². The zero-order valence-electron chi connectivity index (χ0n) is 15.5. The number of anilines is 2. The molecule has 3 rings (SSSR count). The van der Waals surface area contributed by atoms with Gasteiger partial charge in [0.2, 0.25) is 5.91 Å². The highest BCUT2D eigenvalue weighted by Crippen LogP contribution is 2.29. The Morgan fingerprint density at radius 3 is 2.63 bits per heavy atom. The summed E-state index contributed by atoms with van der Waals surface area (Å²) in [6.45, 7) is 4.07. The number of aryl methyl sites for hydroxylation is 1. The molecule has 2 N–H and O–H groups in total. The van der Waals surface area contributed by atoms with Gasteiger partial charge < -0.3 is 10.0 Å². The van der Waals surface area contributed by atoms with Gasteiger partial charge in [-0.05, 0) is 60.7 Å². The zero-order chi connectivity index (χ0) is 19.1. The molecule has 0 aliphatic heterocycles. The maximum absolute atomic E-state index is 11.8. The minimum Gasteiger partial charge on any atom is -0.325 e. The second-order valence-electron chi connectivity index (χ2n) is 6.31. The van der Waals surface area contributed by atoms with Crippen molar-refractivity contribution in [2.45, 2.75) is 31.6 Å². The predicted molar refractivity (Wildman–Crippen MR) is 114 cm³/mol. The molecule has 0 aliphatic rings. The normalized spacial score (nSPS) is 10.4. The van der Waals surface area contributed by atoms with E-state index in [2.05, 4.69) is 52.3 Å². The molecule has 0 saturated heterocycles. The van der Waals surface area contributed by atoms with Crippen molar-refractivity contribution in [3.63, 3.8) is 0 Å². The summed E-state index contributed by atoms with van der Waals surface area (Å²) in [5.41, 5.74) is 4.97. The number of hydrogen-bond donors (Lipinski definition) is 2. The third-order valence-corrected chi connectivity index (χ3v) is 4.92. The maximum atomic E-state index is 11.8. The molecule has 1 heterocycles. The Kier molecular flexibility index (Phi) is 6.49. The number of amides is 1. The van der Waals surface area contributed by atoms with Gasteiger partial charge in [-0.25, -0.2) is 0 Å². The first kappa shape index (κ1) is 19.0. The largest absolute Gasteiger partial charge is 0.325 e. The van der Waals surface area contributed by atoms with Gasteiger partial charge in [0.15, 0.2) is 0 Å². The van der Waals surface area contributed by atoms with Crippen LogP contribution in [0.25, 0.3) is 11.1 Å². The smallest absolute Gasteiger partial charge is 0.224 e. The van der Waals surface area contributed by atoms with Gasteiger partial charge in [0.1, 0.15) is 0 Å². The van der Waals surface area contributed by atoms with Gasteiger partial charge in [-0.1, -0.05) is 37.3 Å². The van der Waals surface area contributed by atoms with E-state index in [9.17, 15) is 4.79 Å². The second kappa shape index (κ2) is 9.24. The van der Waals surface area contributed by atoms with Crippen LogP contribution in [0.4, 0.5) is 11.4 Å². The van der Waals surface area contributed by atoms with E-state index >= 15 is 0 Å². The Morgan fingerprint density at radius 1 is 1.04 bits per heavy atom. The van der Waals surface area contributed by atoms with E-state index in [-0.39, 0.29) is 5.91 Å². The molecule has 0 fully saturated rings. The van der Waals surface area contributed by atoms with Gasteiger partial charge in [0.25, 0.3) is 0 Å². The molecular formula is C22H23N3OS. The van der Waals surface area contributed by atoms with E-state index in [1.807, 2.05) is 37.4 Å². The summed E-state index contributed by atoms with van der Waals surface area (Å²) in [5.74, 6) is 0.0157. The van der Waals surface area contributed by atoms with Crippen LogP contribution in [0.3, 0.4) is 0 Å². The van der Waals surface area contributed by atoms with E-state index in [4.69, 9.17) is 0 Å². The van der Waals surface area contributed by atoms with E-state index in [1.165, 1.54) is 5.56 Å². The fourth-order valence-corrected chi connectivity index (χ4v) is 3.37. The average Bonchev–Trinajstić information content (AvgIpc) is 2.68. The first-order valence-electron chi connectivity index (χ1n) is 8.99. The van der Waals surface area contributed by atoms with Crippen LogP contribution in [0.2, 0.25) is 0 Å². The minimum absolute atomic E-state index is 0.0157. The van der Waals surface area contributed by atoms with Crippen molar-refractivity contribution < 1.29 is 4.79 Å². The third-order valence-electron chi connectivity index (χ3n) is 4.09. The van der Waals surface area contributed by atoms with Crippen molar-refractivity contribution in [1.29, 1.82) is 0 Å². The molecule has 0 radical (unpaired) electrons. The van der Waals surface area contributed by atoms with Crippen molar-refractivity contribution in [2.75, 3.05) is 10.0 Å². The molecule has 1 amide bonds. The molecule has 0 bridgehead atoms. The Morgan fingerprint density at radius 2 is 1.85 bits per heavy atom. The monoisotopic (exact) mass is 377 g/mol.